The van der Waals surface area contributed by atoms with Crippen LogP contribution >= 0.6 is 24.8 Å². The zero-order chi connectivity index (χ0) is 9.80. The van der Waals surface area contributed by atoms with Crippen molar-refractivity contribution in [2.75, 3.05) is 26.2 Å². The molecular formula is C11H24Cl2N2O. The van der Waals surface area contributed by atoms with Crippen molar-refractivity contribution in [2.45, 2.75) is 44.2 Å². The first kappa shape index (κ1) is 16.5. The lowest BCUT2D eigenvalue weighted by molar-refractivity contribution is 0.0575. The van der Waals surface area contributed by atoms with Crippen LogP contribution in [0.5, 0.6) is 0 Å². The van der Waals surface area contributed by atoms with Crippen molar-refractivity contribution in [2.24, 2.45) is 0 Å². The molecule has 2 fully saturated rings. The summed E-state index contributed by atoms with van der Waals surface area (Å²) in [6, 6.07) is 0.775. The zero-order valence-electron chi connectivity index (χ0n) is 9.73. The fourth-order valence-electron chi connectivity index (χ4n) is 2.62. The van der Waals surface area contributed by atoms with Gasteiger partial charge in [-0.3, -0.25) is 0 Å². The van der Waals surface area contributed by atoms with Gasteiger partial charge in [-0.25, -0.2) is 0 Å². The first-order valence-corrected chi connectivity index (χ1v) is 5.99. The van der Waals surface area contributed by atoms with Gasteiger partial charge >= 0.3 is 0 Å². The van der Waals surface area contributed by atoms with Crippen LogP contribution in [0.3, 0.4) is 0 Å². The van der Waals surface area contributed by atoms with E-state index in [4.69, 9.17) is 0 Å². The molecule has 0 saturated carbocycles. The van der Waals surface area contributed by atoms with Crippen molar-refractivity contribution in [3.8, 4) is 0 Å². The van der Waals surface area contributed by atoms with Crippen LogP contribution in [-0.2, 0) is 0 Å². The summed E-state index contributed by atoms with van der Waals surface area (Å²) in [7, 11) is 0. The van der Waals surface area contributed by atoms with Crippen molar-refractivity contribution >= 4 is 24.8 Å². The molecule has 0 spiro atoms. The van der Waals surface area contributed by atoms with E-state index in [2.05, 4.69) is 10.2 Å². The van der Waals surface area contributed by atoms with Gasteiger partial charge in [-0.15, -0.1) is 24.8 Å². The lowest BCUT2D eigenvalue weighted by Gasteiger charge is -2.35. The van der Waals surface area contributed by atoms with Gasteiger partial charge in [0.1, 0.15) is 0 Å². The SMILES string of the molecule is Cl.Cl.OC1CCN(C2CCCNCC2)CC1. The number of hydrogen-bond acceptors (Lipinski definition) is 3. The molecule has 98 valence electrons. The highest BCUT2D eigenvalue weighted by Gasteiger charge is 2.24. The molecule has 0 aliphatic carbocycles. The van der Waals surface area contributed by atoms with E-state index in [0.717, 1.165) is 32.0 Å². The van der Waals surface area contributed by atoms with Gasteiger partial charge < -0.3 is 15.3 Å². The second-order valence-corrected chi connectivity index (χ2v) is 4.60. The first-order valence-electron chi connectivity index (χ1n) is 5.99. The van der Waals surface area contributed by atoms with Gasteiger partial charge in [-0.2, -0.15) is 0 Å². The van der Waals surface area contributed by atoms with Crippen LogP contribution in [0.4, 0.5) is 0 Å². The average Bonchev–Trinajstić information content (AvgIpc) is 2.47. The summed E-state index contributed by atoms with van der Waals surface area (Å²) in [6.07, 6.45) is 5.85. The normalized spacial score (nSPS) is 28.7. The Morgan fingerprint density at radius 1 is 0.938 bits per heavy atom. The Balaban J connectivity index is 0.00000112. The molecule has 16 heavy (non-hydrogen) atoms. The van der Waals surface area contributed by atoms with Gasteiger partial charge in [0.05, 0.1) is 6.10 Å². The summed E-state index contributed by atoms with van der Waals surface area (Å²) in [5.41, 5.74) is 0. The smallest absolute Gasteiger partial charge is 0.0564 e. The quantitative estimate of drug-likeness (QED) is 0.757. The predicted octanol–water partition coefficient (Wildman–Crippen LogP) is 1.43. The molecule has 2 rings (SSSR count). The lowest BCUT2D eigenvalue weighted by atomic mass is 10.0. The molecular weight excluding hydrogens is 247 g/mol. The lowest BCUT2D eigenvalue weighted by Crippen LogP contribution is -2.43. The maximum absolute atomic E-state index is 9.44. The van der Waals surface area contributed by atoms with Crippen molar-refractivity contribution in [1.82, 2.24) is 10.2 Å². The van der Waals surface area contributed by atoms with Crippen LogP contribution in [0.25, 0.3) is 0 Å². The zero-order valence-corrected chi connectivity index (χ0v) is 11.4. The summed E-state index contributed by atoms with van der Waals surface area (Å²) in [6.45, 7) is 4.56. The van der Waals surface area contributed by atoms with Gasteiger partial charge in [0.25, 0.3) is 0 Å². The molecule has 0 aromatic heterocycles. The third-order valence-corrected chi connectivity index (χ3v) is 3.56. The summed E-state index contributed by atoms with van der Waals surface area (Å²) in [5, 5.41) is 12.9. The topological polar surface area (TPSA) is 35.5 Å². The fourth-order valence-corrected chi connectivity index (χ4v) is 2.62. The Morgan fingerprint density at radius 3 is 2.31 bits per heavy atom. The van der Waals surface area contributed by atoms with Gasteiger partial charge in [0.15, 0.2) is 0 Å². The minimum atomic E-state index is -0.0323. The van der Waals surface area contributed by atoms with Crippen molar-refractivity contribution in [3.63, 3.8) is 0 Å². The van der Waals surface area contributed by atoms with E-state index in [9.17, 15) is 5.11 Å². The van der Waals surface area contributed by atoms with Crippen LogP contribution < -0.4 is 5.32 Å². The number of nitrogens with one attached hydrogen (secondary N) is 1. The maximum Gasteiger partial charge on any atom is 0.0564 e. The van der Waals surface area contributed by atoms with E-state index in [-0.39, 0.29) is 30.9 Å². The molecule has 3 nitrogen and oxygen atoms in total. The van der Waals surface area contributed by atoms with Crippen molar-refractivity contribution in [3.05, 3.63) is 0 Å². The van der Waals surface area contributed by atoms with E-state index in [0.29, 0.717) is 0 Å². The van der Waals surface area contributed by atoms with E-state index in [1.165, 1.54) is 32.4 Å². The van der Waals surface area contributed by atoms with Crippen LogP contribution in [-0.4, -0.2) is 48.3 Å². The molecule has 1 unspecified atom stereocenters. The maximum atomic E-state index is 9.44. The number of nitrogens with zero attached hydrogens (tertiary/aromatic N) is 1. The molecule has 0 amide bonds. The summed E-state index contributed by atoms with van der Waals surface area (Å²) in [5.74, 6) is 0. The monoisotopic (exact) mass is 270 g/mol. The largest absolute Gasteiger partial charge is 0.393 e. The number of rotatable bonds is 1. The third kappa shape index (κ3) is 4.76. The average molecular weight is 271 g/mol. The second kappa shape index (κ2) is 8.54. The molecule has 2 aliphatic heterocycles. The van der Waals surface area contributed by atoms with Gasteiger partial charge in [0, 0.05) is 19.1 Å². The van der Waals surface area contributed by atoms with Crippen LogP contribution in [0.2, 0.25) is 0 Å². The molecule has 2 heterocycles. The van der Waals surface area contributed by atoms with Crippen molar-refractivity contribution < 1.29 is 5.11 Å². The number of aliphatic hydroxyl groups is 1. The summed E-state index contributed by atoms with van der Waals surface area (Å²) >= 11 is 0. The van der Waals surface area contributed by atoms with E-state index >= 15 is 0 Å². The van der Waals surface area contributed by atoms with Crippen LogP contribution in [0, 0.1) is 0 Å². The number of aliphatic hydroxyl groups excluding tert-OH is 1. The number of piperidine rings is 1. The second-order valence-electron chi connectivity index (χ2n) is 4.60. The predicted molar refractivity (Wildman–Crippen MR) is 71.8 cm³/mol. The minimum Gasteiger partial charge on any atom is -0.393 e. The fraction of sp³-hybridized carbons (Fsp3) is 1.00. The number of hydrogen-bond donors (Lipinski definition) is 2. The van der Waals surface area contributed by atoms with E-state index in [1.54, 1.807) is 0 Å². The number of likely N-dealkylation sites (tertiary alicyclic amines) is 1. The minimum absolute atomic E-state index is 0. The van der Waals surface area contributed by atoms with Gasteiger partial charge in [0.2, 0.25) is 0 Å². The van der Waals surface area contributed by atoms with Crippen LogP contribution in [0.1, 0.15) is 32.1 Å². The molecule has 2 aliphatic rings. The summed E-state index contributed by atoms with van der Waals surface area (Å²) in [4.78, 5) is 2.58. The Labute approximate surface area is 111 Å². The highest BCUT2D eigenvalue weighted by atomic mass is 35.5. The standard InChI is InChI=1S/C11H22N2O.2ClH/c14-11-4-8-13(9-5-11)10-2-1-6-12-7-3-10;;/h10-12,14H,1-9H2;2*1H. The van der Waals surface area contributed by atoms with E-state index in [1.807, 2.05) is 0 Å². The Hall–Kier alpha value is 0.460. The Morgan fingerprint density at radius 2 is 1.62 bits per heavy atom. The first-order chi connectivity index (χ1) is 6.86. The third-order valence-electron chi connectivity index (χ3n) is 3.56. The molecule has 2 saturated heterocycles. The number of halogens is 2. The molecule has 5 heteroatoms. The Bertz CT molecular complexity index is 167. The molecule has 0 radical (unpaired) electrons. The highest BCUT2D eigenvalue weighted by Crippen LogP contribution is 2.18. The highest BCUT2D eigenvalue weighted by molar-refractivity contribution is 5.85. The van der Waals surface area contributed by atoms with E-state index < -0.39 is 0 Å². The Kier molecular flexibility index (Phi) is 8.78. The van der Waals surface area contributed by atoms with Gasteiger partial charge in [-0.05, 0) is 45.2 Å². The molecule has 0 bridgehead atoms. The van der Waals surface area contributed by atoms with Crippen LogP contribution in [0.15, 0.2) is 0 Å². The van der Waals surface area contributed by atoms with Gasteiger partial charge in [-0.1, -0.05) is 0 Å². The molecule has 2 N–H and O–H groups in total. The van der Waals surface area contributed by atoms with Crippen molar-refractivity contribution in [1.29, 1.82) is 0 Å². The molecule has 0 aromatic rings. The summed E-state index contributed by atoms with van der Waals surface area (Å²) < 4.78 is 0. The molecule has 1 atom stereocenters. The molecule has 0 aromatic carbocycles.